The highest BCUT2D eigenvalue weighted by Gasteiger charge is 1.89. The van der Waals surface area contributed by atoms with Crippen LogP contribution in [0.3, 0.4) is 0 Å². The Morgan fingerprint density at radius 3 is 2.73 bits per heavy atom. The van der Waals surface area contributed by atoms with Crippen molar-refractivity contribution < 1.29 is 4.18 Å². The third-order valence-corrected chi connectivity index (χ3v) is 1.67. The summed E-state index contributed by atoms with van der Waals surface area (Å²) in [6.45, 7) is 0.579. The highest BCUT2D eigenvalue weighted by atomic mass is 32.2. The van der Waals surface area contributed by atoms with Gasteiger partial charge in [0.1, 0.15) is 4.70 Å². The Bertz CT molecular complexity index is 211. The number of hydrogen-bond acceptors (Lipinski definition) is 3. The third-order valence-electron chi connectivity index (χ3n) is 1.16. The number of hydrogen-bond donors (Lipinski definition) is 0. The first-order chi connectivity index (χ1) is 5.43. The maximum absolute atomic E-state index is 5.07. The number of benzene rings is 1. The molecule has 0 aromatic heterocycles. The molecule has 0 atom stereocenters. The Balaban J connectivity index is 2.33. The van der Waals surface area contributed by atoms with Gasteiger partial charge in [-0.25, -0.2) is 0 Å². The van der Waals surface area contributed by atoms with Crippen molar-refractivity contribution in [1.82, 2.24) is 0 Å². The highest BCUT2D eigenvalue weighted by molar-refractivity contribution is 8.17. The molecule has 0 unspecified atom stereocenters. The molecule has 1 aromatic rings. The van der Waals surface area contributed by atoms with Gasteiger partial charge in [-0.2, -0.15) is 0 Å². The lowest BCUT2D eigenvalue weighted by molar-refractivity contribution is 0.369. The molecule has 0 bridgehead atoms. The summed E-state index contributed by atoms with van der Waals surface area (Å²) in [7, 11) is 0. The normalized spacial score (nSPS) is 9.45. The summed E-state index contributed by atoms with van der Waals surface area (Å²) in [6, 6.07) is 9.94. The average Bonchev–Trinajstić information content (AvgIpc) is 2.07. The molecular weight excluding hydrogens is 176 g/mol. The molecule has 0 spiro atoms. The van der Waals surface area contributed by atoms with Crippen molar-refractivity contribution in [3.8, 4) is 0 Å². The van der Waals surface area contributed by atoms with Crippen molar-refractivity contribution in [3.05, 3.63) is 35.9 Å². The Morgan fingerprint density at radius 2 is 2.09 bits per heavy atom. The molecule has 57 valence electrons. The third kappa shape index (κ3) is 3.51. The largest absolute Gasteiger partial charge is 0.305 e. The van der Waals surface area contributed by atoms with Crippen LogP contribution >= 0.6 is 24.3 Å². The maximum Gasteiger partial charge on any atom is 0.125 e. The van der Waals surface area contributed by atoms with Crippen LogP contribution in [0.25, 0.3) is 0 Å². The van der Waals surface area contributed by atoms with E-state index in [1.165, 1.54) is 0 Å². The second kappa shape index (κ2) is 5.29. The van der Waals surface area contributed by atoms with Crippen LogP contribution in [-0.4, -0.2) is 4.70 Å². The topological polar surface area (TPSA) is 9.23 Å². The zero-order valence-electron chi connectivity index (χ0n) is 5.82. The second-order valence-corrected chi connectivity index (χ2v) is 2.98. The first-order valence-corrected chi connectivity index (χ1v) is 4.28. The fourth-order valence-corrected chi connectivity index (χ4v) is 1.08. The van der Waals surface area contributed by atoms with Crippen LogP contribution in [0.5, 0.6) is 0 Å². The molecule has 0 amide bonds. The van der Waals surface area contributed by atoms with Crippen LogP contribution in [0.1, 0.15) is 5.56 Å². The van der Waals surface area contributed by atoms with Gasteiger partial charge in [0, 0.05) is 12.0 Å². The monoisotopic (exact) mass is 183 g/mol. The molecule has 0 aliphatic rings. The van der Waals surface area contributed by atoms with Crippen LogP contribution in [0.4, 0.5) is 0 Å². The van der Waals surface area contributed by atoms with E-state index in [0.29, 0.717) is 6.61 Å². The summed E-state index contributed by atoms with van der Waals surface area (Å²) in [5.74, 6) is 0. The van der Waals surface area contributed by atoms with Gasteiger partial charge in [-0.1, -0.05) is 42.5 Å². The van der Waals surface area contributed by atoms with E-state index in [1.54, 1.807) is 0 Å². The molecule has 11 heavy (non-hydrogen) atoms. The Morgan fingerprint density at radius 1 is 1.36 bits per heavy atom. The second-order valence-electron chi connectivity index (χ2n) is 1.91. The molecule has 0 heterocycles. The Labute approximate surface area is 76.0 Å². The van der Waals surface area contributed by atoms with Crippen molar-refractivity contribution >= 4 is 29.0 Å². The minimum absolute atomic E-state index is 0.579. The van der Waals surface area contributed by atoms with E-state index in [1.807, 2.05) is 30.3 Å². The predicted molar refractivity (Wildman–Crippen MR) is 51.4 cm³/mol. The average molecular weight is 183 g/mol. The maximum atomic E-state index is 5.07. The van der Waals surface area contributed by atoms with E-state index < -0.39 is 0 Å². The molecule has 0 N–H and O–H groups in total. The van der Waals surface area contributed by atoms with Crippen LogP contribution in [0.15, 0.2) is 30.3 Å². The highest BCUT2D eigenvalue weighted by Crippen LogP contribution is 2.06. The minimum Gasteiger partial charge on any atom is -0.305 e. The van der Waals surface area contributed by atoms with Gasteiger partial charge in [0.15, 0.2) is 0 Å². The summed E-state index contributed by atoms with van der Waals surface area (Å²) >= 11 is 5.52. The van der Waals surface area contributed by atoms with Crippen molar-refractivity contribution in [3.63, 3.8) is 0 Å². The van der Waals surface area contributed by atoms with Gasteiger partial charge in [-0.15, -0.1) is 0 Å². The molecular formula is C8H7OS2. The lowest BCUT2D eigenvalue weighted by atomic mass is 10.2. The lowest BCUT2D eigenvalue weighted by Crippen LogP contribution is -1.83. The summed E-state index contributed by atoms with van der Waals surface area (Å²) in [6.07, 6.45) is 0. The first-order valence-electron chi connectivity index (χ1n) is 3.13. The molecule has 0 fully saturated rings. The van der Waals surface area contributed by atoms with E-state index >= 15 is 0 Å². The van der Waals surface area contributed by atoms with Crippen molar-refractivity contribution in [2.75, 3.05) is 0 Å². The number of rotatable bonds is 4. The van der Waals surface area contributed by atoms with E-state index in [4.69, 9.17) is 4.18 Å². The van der Waals surface area contributed by atoms with E-state index in [9.17, 15) is 0 Å². The summed E-state index contributed by atoms with van der Waals surface area (Å²) in [5.41, 5.74) is 1.14. The quantitative estimate of drug-likeness (QED) is 0.403. The Kier molecular flexibility index (Phi) is 4.19. The van der Waals surface area contributed by atoms with Gasteiger partial charge in [0.05, 0.1) is 6.61 Å². The molecule has 0 aliphatic heterocycles. The van der Waals surface area contributed by atoms with Crippen LogP contribution in [0, 0.1) is 0 Å². The fraction of sp³-hybridized carbons (Fsp3) is 0.125. The standard InChI is InChI=1S/C8H7OS2/c10-7-11-9-6-8-4-2-1-3-5-8/h1-5H,6H2. The SMILES string of the molecule is S=[C]SOCc1ccccc1. The fourth-order valence-electron chi connectivity index (χ4n) is 0.696. The van der Waals surface area contributed by atoms with Crippen LogP contribution in [0.2, 0.25) is 0 Å². The molecule has 0 aliphatic carbocycles. The van der Waals surface area contributed by atoms with Gasteiger partial charge in [-0.3, -0.25) is 0 Å². The minimum atomic E-state index is 0.579. The molecule has 0 saturated heterocycles. The smallest absolute Gasteiger partial charge is 0.125 e. The molecule has 3 heteroatoms. The van der Waals surface area contributed by atoms with E-state index in [-0.39, 0.29) is 0 Å². The summed E-state index contributed by atoms with van der Waals surface area (Å²) in [5, 5.41) is 0. The van der Waals surface area contributed by atoms with Gasteiger partial charge < -0.3 is 4.18 Å². The Hall–Kier alpha value is -0.380. The van der Waals surface area contributed by atoms with Crippen molar-refractivity contribution in [2.24, 2.45) is 0 Å². The summed E-state index contributed by atoms with van der Waals surface area (Å²) in [4.78, 5) is 0. The first kappa shape index (κ1) is 8.71. The molecule has 1 rings (SSSR count). The van der Waals surface area contributed by atoms with Crippen LogP contribution in [-0.2, 0) is 10.8 Å². The molecule has 1 nitrogen and oxygen atoms in total. The molecule has 1 radical (unpaired) electrons. The predicted octanol–water partition coefficient (Wildman–Crippen LogP) is 2.69. The zero-order chi connectivity index (χ0) is 7.94. The van der Waals surface area contributed by atoms with E-state index in [2.05, 4.69) is 16.9 Å². The number of thiocarbonyl (C=S) groups is 1. The van der Waals surface area contributed by atoms with E-state index in [0.717, 1.165) is 17.6 Å². The lowest BCUT2D eigenvalue weighted by Gasteiger charge is -1.97. The van der Waals surface area contributed by atoms with Crippen LogP contribution < -0.4 is 0 Å². The molecule has 1 aromatic carbocycles. The van der Waals surface area contributed by atoms with Crippen molar-refractivity contribution in [1.29, 1.82) is 0 Å². The summed E-state index contributed by atoms with van der Waals surface area (Å²) < 4.78 is 7.49. The van der Waals surface area contributed by atoms with Gasteiger partial charge in [0.2, 0.25) is 0 Å². The molecule has 0 saturated carbocycles. The zero-order valence-corrected chi connectivity index (χ0v) is 7.45. The van der Waals surface area contributed by atoms with Crippen molar-refractivity contribution in [2.45, 2.75) is 6.61 Å². The van der Waals surface area contributed by atoms with Gasteiger partial charge >= 0.3 is 0 Å². The van der Waals surface area contributed by atoms with Gasteiger partial charge in [0.25, 0.3) is 0 Å². The van der Waals surface area contributed by atoms with Gasteiger partial charge in [-0.05, 0) is 5.56 Å².